The van der Waals surface area contributed by atoms with E-state index >= 15 is 0 Å². The Morgan fingerprint density at radius 2 is 2.06 bits per heavy atom. The van der Waals surface area contributed by atoms with Crippen LogP contribution in [0.25, 0.3) is 0 Å². The van der Waals surface area contributed by atoms with Crippen LogP contribution in [0.1, 0.15) is 71.1 Å². The first-order valence-electron chi connectivity index (χ1n) is 7.36. The molecule has 4 heteroatoms. The summed E-state index contributed by atoms with van der Waals surface area (Å²) in [5.41, 5.74) is 8.53. The van der Waals surface area contributed by atoms with Gasteiger partial charge >= 0.3 is 6.03 Å². The van der Waals surface area contributed by atoms with Gasteiger partial charge in [0.15, 0.2) is 0 Å². The van der Waals surface area contributed by atoms with Crippen LogP contribution in [0.4, 0.5) is 4.79 Å². The van der Waals surface area contributed by atoms with Gasteiger partial charge in [0.05, 0.1) is 0 Å². The first kappa shape index (κ1) is 15.0. The molecule has 4 nitrogen and oxygen atoms in total. The van der Waals surface area contributed by atoms with E-state index in [0.29, 0.717) is 5.92 Å². The van der Waals surface area contributed by atoms with Crippen molar-refractivity contribution in [1.82, 2.24) is 5.43 Å². The van der Waals surface area contributed by atoms with Crippen LogP contribution in [-0.2, 0) is 0 Å². The van der Waals surface area contributed by atoms with Crippen molar-refractivity contribution in [3.8, 4) is 0 Å². The highest BCUT2D eigenvalue weighted by molar-refractivity contribution is 5.89. The molecule has 0 bridgehead atoms. The summed E-state index contributed by atoms with van der Waals surface area (Å²) in [7, 11) is 0. The predicted octanol–water partition coefficient (Wildman–Crippen LogP) is 3.56. The van der Waals surface area contributed by atoms with E-state index in [1.54, 1.807) is 0 Å². The van der Waals surface area contributed by atoms with Gasteiger partial charge < -0.3 is 5.73 Å². The zero-order valence-electron chi connectivity index (χ0n) is 11.6. The van der Waals surface area contributed by atoms with E-state index in [4.69, 9.17) is 5.73 Å². The van der Waals surface area contributed by atoms with Crippen LogP contribution in [0.2, 0.25) is 0 Å². The fraction of sp³-hybridized carbons (Fsp3) is 0.857. The van der Waals surface area contributed by atoms with Crippen LogP contribution >= 0.6 is 0 Å². The van der Waals surface area contributed by atoms with E-state index < -0.39 is 6.03 Å². The first-order chi connectivity index (χ1) is 8.74. The van der Waals surface area contributed by atoms with Crippen LogP contribution in [0.3, 0.4) is 0 Å². The molecule has 1 fully saturated rings. The number of primary amides is 1. The number of nitrogens with two attached hydrogens (primary N) is 1. The minimum Gasteiger partial charge on any atom is -0.350 e. The van der Waals surface area contributed by atoms with Gasteiger partial charge in [0, 0.05) is 5.71 Å². The van der Waals surface area contributed by atoms with Gasteiger partial charge in [0.25, 0.3) is 0 Å². The molecule has 0 heterocycles. The van der Waals surface area contributed by atoms with Crippen molar-refractivity contribution in [2.45, 2.75) is 71.1 Å². The van der Waals surface area contributed by atoms with Gasteiger partial charge in [-0.25, -0.2) is 10.2 Å². The van der Waals surface area contributed by atoms with Crippen molar-refractivity contribution >= 4 is 11.7 Å². The smallest absolute Gasteiger partial charge is 0.332 e. The molecule has 1 aliphatic rings. The maximum Gasteiger partial charge on any atom is 0.332 e. The molecule has 2 amide bonds. The first-order valence-corrected chi connectivity index (χ1v) is 7.36. The van der Waals surface area contributed by atoms with Crippen molar-refractivity contribution in [1.29, 1.82) is 0 Å². The molecule has 0 radical (unpaired) electrons. The minimum absolute atomic E-state index is 0.562. The van der Waals surface area contributed by atoms with Gasteiger partial charge in [-0.1, -0.05) is 45.4 Å². The van der Waals surface area contributed by atoms with E-state index in [2.05, 4.69) is 17.5 Å². The summed E-state index contributed by atoms with van der Waals surface area (Å²) in [5, 5.41) is 4.12. The van der Waals surface area contributed by atoms with Gasteiger partial charge in [-0.2, -0.15) is 5.10 Å². The standard InChI is InChI=1S/C14H27N3O/c1-2-3-4-5-6-7-9-12-10-8-11-13(12)16-17-14(15)18/h12H,2-11H2,1H3,(H3,15,17,18)/t12-/m0/s1. The Morgan fingerprint density at radius 3 is 2.78 bits per heavy atom. The van der Waals surface area contributed by atoms with Crippen molar-refractivity contribution in [3.63, 3.8) is 0 Å². The summed E-state index contributed by atoms with van der Waals surface area (Å²) < 4.78 is 0. The lowest BCUT2D eigenvalue weighted by atomic mass is 9.98. The maximum absolute atomic E-state index is 10.6. The second-order valence-electron chi connectivity index (χ2n) is 5.22. The number of nitrogens with zero attached hydrogens (tertiary/aromatic N) is 1. The number of hydrogen-bond donors (Lipinski definition) is 2. The summed E-state index contributed by atoms with van der Waals surface area (Å²) in [5.74, 6) is 0.572. The normalized spacial score (nSPS) is 21.4. The lowest BCUT2D eigenvalue weighted by molar-refractivity contribution is 0.249. The Morgan fingerprint density at radius 1 is 1.33 bits per heavy atom. The van der Waals surface area contributed by atoms with Crippen LogP contribution < -0.4 is 11.2 Å². The Hall–Kier alpha value is -1.06. The Kier molecular flexibility index (Phi) is 7.46. The number of urea groups is 1. The molecule has 1 rings (SSSR count). The predicted molar refractivity (Wildman–Crippen MR) is 75.5 cm³/mol. The number of carbonyl (C=O) groups excluding carboxylic acids is 1. The summed E-state index contributed by atoms with van der Waals surface area (Å²) in [6.07, 6.45) is 12.6. The molecular formula is C14H27N3O. The minimum atomic E-state index is -0.562. The summed E-state index contributed by atoms with van der Waals surface area (Å²) in [6.45, 7) is 2.24. The second-order valence-corrected chi connectivity index (χ2v) is 5.22. The fourth-order valence-electron chi connectivity index (χ4n) is 2.66. The highest BCUT2D eigenvalue weighted by Gasteiger charge is 2.22. The molecule has 0 unspecified atom stereocenters. The number of amides is 2. The average molecular weight is 253 g/mol. The molecule has 0 aromatic carbocycles. The number of hydrogen-bond acceptors (Lipinski definition) is 2. The number of nitrogens with one attached hydrogen (secondary N) is 1. The molecule has 1 saturated carbocycles. The molecule has 0 saturated heterocycles. The van der Waals surface area contributed by atoms with Gasteiger partial charge in [0.2, 0.25) is 0 Å². The van der Waals surface area contributed by atoms with E-state index in [-0.39, 0.29) is 0 Å². The van der Waals surface area contributed by atoms with Crippen LogP contribution in [0.5, 0.6) is 0 Å². The largest absolute Gasteiger partial charge is 0.350 e. The Bertz CT molecular complexity index is 276. The van der Waals surface area contributed by atoms with Gasteiger partial charge in [0.1, 0.15) is 0 Å². The zero-order valence-corrected chi connectivity index (χ0v) is 11.6. The number of unbranched alkanes of at least 4 members (excludes halogenated alkanes) is 5. The average Bonchev–Trinajstić information content (AvgIpc) is 2.78. The van der Waals surface area contributed by atoms with Crippen LogP contribution in [0.15, 0.2) is 5.10 Å². The van der Waals surface area contributed by atoms with Gasteiger partial charge in [-0.15, -0.1) is 0 Å². The lowest BCUT2D eigenvalue weighted by Gasteiger charge is -2.10. The Labute approximate surface area is 110 Å². The monoisotopic (exact) mass is 253 g/mol. The summed E-state index contributed by atoms with van der Waals surface area (Å²) >= 11 is 0. The topological polar surface area (TPSA) is 67.5 Å². The number of carbonyl (C=O) groups is 1. The Balaban J connectivity index is 2.16. The van der Waals surface area contributed by atoms with Crippen molar-refractivity contribution in [2.24, 2.45) is 16.8 Å². The van der Waals surface area contributed by atoms with E-state index in [1.807, 2.05) is 0 Å². The van der Waals surface area contributed by atoms with Crippen LogP contribution in [0, 0.1) is 5.92 Å². The second kappa shape index (κ2) is 8.95. The van der Waals surface area contributed by atoms with E-state index in [9.17, 15) is 4.79 Å². The molecule has 0 aliphatic heterocycles. The quantitative estimate of drug-likeness (QED) is 0.504. The van der Waals surface area contributed by atoms with Crippen LogP contribution in [-0.4, -0.2) is 11.7 Å². The lowest BCUT2D eigenvalue weighted by Crippen LogP contribution is -2.26. The molecule has 0 aromatic rings. The van der Waals surface area contributed by atoms with Crippen molar-refractivity contribution < 1.29 is 4.79 Å². The number of hydrazone groups is 1. The third-order valence-corrected chi connectivity index (χ3v) is 3.67. The summed E-state index contributed by atoms with van der Waals surface area (Å²) in [4.78, 5) is 10.6. The zero-order chi connectivity index (χ0) is 13.2. The van der Waals surface area contributed by atoms with Crippen molar-refractivity contribution in [3.05, 3.63) is 0 Å². The molecule has 18 heavy (non-hydrogen) atoms. The molecule has 104 valence electrons. The van der Waals surface area contributed by atoms with Crippen molar-refractivity contribution in [2.75, 3.05) is 0 Å². The van der Waals surface area contributed by atoms with E-state index in [1.165, 1.54) is 57.8 Å². The molecule has 3 N–H and O–H groups in total. The highest BCUT2D eigenvalue weighted by atomic mass is 16.2. The number of rotatable bonds is 8. The SMILES string of the molecule is CCCCCCCC[C@H]1CCCC1=NNC(N)=O. The molecule has 1 atom stereocenters. The molecule has 0 spiro atoms. The van der Waals surface area contributed by atoms with E-state index in [0.717, 1.165) is 12.1 Å². The third-order valence-electron chi connectivity index (χ3n) is 3.67. The summed E-state index contributed by atoms with van der Waals surface area (Å²) in [6, 6.07) is -0.562. The molecular weight excluding hydrogens is 226 g/mol. The maximum atomic E-state index is 10.6. The highest BCUT2D eigenvalue weighted by Crippen LogP contribution is 2.27. The molecule has 0 aromatic heterocycles. The van der Waals surface area contributed by atoms with Gasteiger partial charge in [-0.05, 0) is 31.6 Å². The fourth-order valence-corrected chi connectivity index (χ4v) is 2.66. The third kappa shape index (κ3) is 6.03. The van der Waals surface area contributed by atoms with Gasteiger partial charge in [-0.3, -0.25) is 0 Å². The molecule has 1 aliphatic carbocycles.